The fourth-order valence-corrected chi connectivity index (χ4v) is 5.44. The summed E-state index contributed by atoms with van der Waals surface area (Å²) >= 11 is 0. The molecule has 8 heteroatoms. The van der Waals surface area contributed by atoms with Gasteiger partial charge in [0, 0.05) is 23.5 Å². The van der Waals surface area contributed by atoms with Crippen LogP contribution < -0.4 is 14.8 Å². The minimum absolute atomic E-state index is 0.226. The second kappa shape index (κ2) is 10.6. The lowest BCUT2D eigenvalue weighted by Crippen LogP contribution is -2.38. The molecule has 1 N–H and O–H groups in total. The molecular weight excluding hydrogens is 502 g/mol. The van der Waals surface area contributed by atoms with E-state index in [4.69, 9.17) is 14.6 Å². The van der Waals surface area contributed by atoms with Gasteiger partial charge in [-0.15, -0.1) is 0 Å². The Morgan fingerprint density at radius 2 is 1.65 bits per heavy atom. The molecule has 2 aromatic heterocycles. The molecule has 0 saturated carbocycles. The van der Waals surface area contributed by atoms with Gasteiger partial charge in [-0.3, -0.25) is 0 Å². The van der Waals surface area contributed by atoms with Gasteiger partial charge in [-0.2, -0.15) is 5.10 Å². The van der Waals surface area contributed by atoms with E-state index in [-0.39, 0.29) is 12.1 Å². The number of aromatic nitrogens is 3. The first kappa shape index (κ1) is 25.3. The van der Waals surface area contributed by atoms with Gasteiger partial charge >= 0.3 is 6.03 Å². The number of nitrogens with zero attached hydrogens (tertiary/aromatic N) is 4. The van der Waals surface area contributed by atoms with E-state index in [1.165, 1.54) is 0 Å². The summed E-state index contributed by atoms with van der Waals surface area (Å²) in [4.78, 5) is 16.1. The summed E-state index contributed by atoms with van der Waals surface area (Å²) in [5.41, 5.74) is 5.56. The molecule has 0 unspecified atom stereocenters. The fourth-order valence-electron chi connectivity index (χ4n) is 5.44. The third-order valence-corrected chi connectivity index (χ3v) is 7.31. The predicted molar refractivity (Wildman–Crippen MR) is 155 cm³/mol. The van der Waals surface area contributed by atoms with Crippen LogP contribution in [0.5, 0.6) is 11.5 Å². The molecule has 0 fully saturated rings. The van der Waals surface area contributed by atoms with E-state index in [0.29, 0.717) is 23.7 Å². The molecule has 40 heavy (non-hydrogen) atoms. The van der Waals surface area contributed by atoms with Crippen LogP contribution in [0.15, 0.2) is 97.2 Å². The minimum atomic E-state index is -0.335. The van der Waals surface area contributed by atoms with Crippen LogP contribution in [0.4, 0.5) is 10.5 Å². The third-order valence-electron chi connectivity index (χ3n) is 7.31. The number of hydrogen-bond donors (Lipinski definition) is 1. The lowest BCUT2D eigenvalue weighted by Gasteiger charge is -2.31. The fraction of sp³-hybridized carbons (Fsp3) is 0.188. The summed E-state index contributed by atoms with van der Waals surface area (Å²) in [7, 11) is 3.17. The number of fused-ring (bicyclic) bond motifs is 3. The smallest absolute Gasteiger partial charge is 0.322 e. The van der Waals surface area contributed by atoms with Crippen molar-refractivity contribution < 1.29 is 14.3 Å². The summed E-state index contributed by atoms with van der Waals surface area (Å²) in [5.74, 6) is 2.09. The van der Waals surface area contributed by atoms with Crippen molar-refractivity contribution in [1.82, 2.24) is 19.2 Å². The van der Waals surface area contributed by atoms with Crippen molar-refractivity contribution in [1.29, 1.82) is 0 Å². The standard InChI is InChI=1S/C32H31N5O3/c1-4-26-25-21-36(32(38)33-23-17-18-28(39-2)29(20-23)40-3)30(22-12-7-5-8-13-22)27-16-11-19-35(27)31(25)37(34-26)24-14-9-6-10-15-24/h5-20,30H,4,21H2,1-3H3,(H,33,38)/t30-/m1/s1. The molecule has 3 heterocycles. The first-order valence-electron chi connectivity index (χ1n) is 13.3. The average molecular weight is 534 g/mol. The van der Waals surface area contributed by atoms with Crippen molar-refractivity contribution in [2.24, 2.45) is 0 Å². The normalized spacial score (nSPS) is 14.2. The molecule has 0 aliphatic carbocycles. The number of methoxy groups -OCH3 is 2. The highest BCUT2D eigenvalue weighted by Gasteiger charge is 2.36. The SMILES string of the molecule is CCc1nn(-c2ccccc2)c2c1CN(C(=O)Nc1ccc(OC)c(OC)c1)[C@H](c1ccccc1)c1cccn1-2. The van der Waals surface area contributed by atoms with Gasteiger partial charge in [0.25, 0.3) is 0 Å². The number of hydrogen-bond acceptors (Lipinski definition) is 4. The second-order valence-corrected chi connectivity index (χ2v) is 9.59. The molecule has 1 atom stereocenters. The Morgan fingerprint density at radius 1 is 0.925 bits per heavy atom. The molecule has 2 amide bonds. The van der Waals surface area contributed by atoms with Crippen molar-refractivity contribution in [2.75, 3.05) is 19.5 Å². The number of amides is 2. The molecule has 3 aromatic carbocycles. The van der Waals surface area contributed by atoms with Crippen molar-refractivity contribution in [3.8, 4) is 23.0 Å². The predicted octanol–water partition coefficient (Wildman–Crippen LogP) is 6.38. The van der Waals surface area contributed by atoms with E-state index in [0.717, 1.165) is 40.4 Å². The monoisotopic (exact) mass is 533 g/mol. The van der Waals surface area contributed by atoms with Gasteiger partial charge in [0.15, 0.2) is 11.5 Å². The molecule has 0 saturated heterocycles. The van der Waals surface area contributed by atoms with Gasteiger partial charge in [0.1, 0.15) is 5.82 Å². The lowest BCUT2D eigenvalue weighted by molar-refractivity contribution is 0.194. The van der Waals surface area contributed by atoms with E-state index in [1.54, 1.807) is 26.4 Å². The Balaban J connectivity index is 1.51. The summed E-state index contributed by atoms with van der Waals surface area (Å²) in [6, 6.07) is 29.2. The number of ether oxygens (including phenoxy) is 2. The highest BCUT2D eigenvalue weighted by Crippen LogP contribution is 2.39. The number of para-hydroxylation sites is 1. The number of rotatable bonds is 6. The zero-order chi connectivity index (χ0) is 27.6. The second-order valence-electron chi connectivity index (χ2n) is 9.59. The van der Waals surface area contributed by atoms with Gasteiger partial charge in [-0.25, -0.2) is 9.48 Å². The number of carbonyl (C=O) groups is 1. The topological polar surface area (TPSA) is 73.6 Å². The number of carbonyl (C=O) groups excluding carboxylic acids is 1. The van der Waals surface area contributed by atoms with Crippen LogP contribution in [-0.2, 0) is 13.0 Å². The third kappa shape index (κ3) is 4.37. The van der Waals surface area contributed by atoms with Crippen molar-refractivity contribution in [3.05, 3.63) is 120 Å². The van der Waals surface area contributed by atoms with Gasteiger partial charge < -0.3 is 24.3 Å². The largest absolute Gasteiger partial charge is 0.493 e. The van der Waals surface area contributed by atoms with E-state index < -0.39 is 0 Å². The number of benzene rings is 3. The van der Waals surface area contributed by atoms with Gasteiger partial charge in [-0.05, 0) is 48.4 Å². The Kier molecular flexibility index (Phi) is 6.74. The molecule has 0 radical (unpaired) electrons. The summed E-state index contributed by atoms with van der Waals surface area (Å²) in [6.07, 6.45) is 2.79. The van der Waals surface area contributed by atoms with Crippen molar-refractivity contribution in [3.63, 3.8) is 0 Å². The summed E-state index contributed by atoms with van der Waals surface area (Å²) < 4.78 is 15.0. The Morgan fingerprint density at radius 3 is 2.35 bits per heavy atom. The molecule has 1 aliphatic rings. The van der Waals surface area contributed by atoms with E-state index >= 15 is 0 Å². The van der Waals surface area contributed by atoms with Crippen molar-refractivity contribution in [2.45, 2.75) is 25.9 Å². The molecule has 202 valence electrons. The van der Waals surface area contributed by atoms with Crippen LogP contribution in [0.2, 0.25) is 0 Å². The molecule has 0 spiro atoms. The van der Waals surface area contributed by atoms with Gasteiger partial charge in [0.05, 0.1) is 43.9 Å². The minimum Gasteiger partial charge on any atom is -0.493 e. The van der Waals surface area contributed by atoms with E-state index in [1.807, 2.05) is 58.1 Å². The van der Waals surface area contributed by atoms with Crippen LogP contribution in [0, 0.1) is 0 Å². The Hall–Kier alpha value is -4.98. The van der Waals surface area contributed by atoms with Crippen LogP contribution in [0.3, 0.4) is 0 Å². The Bertz CT molecular complexity index is 1640. The maximum atomic E-state index is 14.2. The van der Waals surface area contributed by atoms with Crippen LogP contribution >= 0.6 is 0 Å². The van der Waals surface area contributed by atoms with Gasteiger partial charge in [-0.1, -0.05) is 55.5 Å². The first-order valence-corrected chi connectivity index (χ1v) is 13.3. The summed E-state index contributed by atoms with van der Waals surface area (Å²) in [6.45, 7) is 2.48. The average Bonchev–Trinajstić information content (AvgIpc) is 3.59. The van der Waals surface area contributed by atoms with E-state index in [9.17, 15) is 4.79 Å². The van der Waals surface area contributed by atoms with Crippen molar-refractivity contribution >= 4 is 11.7 Å². The first-order chi connectivity index (χ1) is 19.6. The molecular formula is C32H31N5O3. The zero-order valence-electron chi connectivity index (χ0n) is 22.7. The quantitative estimate of drug-likeness (QED) is 0.275. The molecule has 6 rings (SSSR count). The zero-order valence-corrected chi connectivity index (χ0v) is 22.7. The number of anilines is 1. The number of urea groups is 1. The van der Waals surface area contributed by atoms with Gasteiger partial charge in [0.2, 0.25) is 0 Å². The molecule has 1 aliphatic heterocycles. The lowest BCUT2D eigenvalue weighted by atomic mass is 10.0. The molecule has 5 aromatic rings. The van der Waals surface area contributed by atoms with Crippen LogP contribution in [0.1, 0.15) is 35.5 Å². The maximum Gasteiger partial charge on any atom is 0.322 e. The highest BCUT2D eigenvalue weighted by molar-refractivity contribution is 5.90. The Labute approximate surface area is 233 Å². The van der Waals surface area contributed by atoms with Crippen LogP contribution in [0.25, 0.3) is 11.5 Å². The van der Waals surface area contributed by atoms with E-state index in [2.05, 4.69) is 53.3 Å². The van der Waals surface area contributed by atoms with Crippen LogP contribution in [-0.4, -0.2) is 39.5 Å². The molecule has 0 bridgehead atoms. The number of aryl methyl sites for hydroxylation is 1. The molecule has 8 nitrogen and oxygen atoms in total. The maximum absolute atomic E-state index is 14.2. The summed E-state index contributed by atoms with van der Waals surface area (Å²) in [5, 5.41) is 8.13. The highest BCUT2D eigenvalue weighted by atomic mass is 16.5. The number of nitrogens with one attached hydrogen (secondary N) is 1.